The Balaban J connectivity index is 0.00000512. The van der Waals surface area contributed by atoms with Crippen molar-refractivity contribution in [3.8, 4) is 5.75 Å². The zero-order chi connectivity index (χ0) is 22.5. The summed E-state index contributed by atoms with van der Waals surface area (Å²) in [5.74, 6) is 1.53. The number of rotatable bonds is 12. The summed E-state index contributed by atoms with van der Waals surface area (Å²) in [6.45, 7) is 17.4. The van der Waals surface area contributed by atoms with E-state index in [9.17, 15) is 5.11 Å². The van der Waals surface area contributed by atoms with Crippen molar-refractivity contribution in [1.82, 2.24) is 20.4 Å². The number of guanidine groups is 1. The lowest BCUT2D eigenvalue weighted by Gasteiger charge is -2.34. The summed E-state index contributed by atoms with van der Waals surface area (Å²) in [5, 5.41) is 17.2. The number of piperazine rings is 1. The molecule has 184 valence electrons. The highest BCUT2D eigenvalue weighted by Gasteiger charge is 2.14. The normalized spacial score (nSPS) is 16.5. The number of halogens is 1. The maximum atomic E-state index is 10.6. The largest absolute Gasteiger partial charge is 0.491 e. The second-order valence-corrected chi connectivity index (χ2v) is 8.38. The minimum atomic E-state index is -0.659. The number of nitrogens with zero attached hydrogens (tertiary/aromatic N) is 3. The van der Waals surface area contributed by atoms with E-state index in [1.54, 1.807) is 0 Å². The van der Waals surface area contributed by atoms with Crippen LogP contribution in [0.15, 0.2) is 29.3 Å². The molecule has 0 bridgehead atoms. The number of benzene rings is 1. The zero-order valence-electron chi connectivity index (χ0n) is 20.3. The molecule has 1 saturated heterocycles. The Morgan fingerprint density at radius 2 is 1.81 bits per heavy atom. The Morgan fingerprint density at radius 3 is 2.47 bits per heavy atom. The fourth-order valence-electron chi connectivity index (χ4n) is 3.69. The van der Waals surface area contributed by atoms with E-state index in [0.717, 1.165) is 43.3 Å². The Bertz CT molecular complexity index is 651. The van der Waals surface area contributed by atoms with E-state index in [-0.39, 0.29) is 30.1 Å². The molecule has 1 aliphatic heterocycles. The number of hydrogen-bond donors (Lipinski definition) is 3. The second kappa shape index (κ2) is 16.5. The lowest BCUT2D eigenvalue weighted by molar-refractivity contribution is 0.136. The van der Waals surface area contributed by atoms with Crippen LogP contribution in [-0.4, -0.2) is 85.9 Å². The van der Waals surface area contributed by atoms with Crippen molar-refractivity contribution in [1.29, 1.82) is 0 Å². The Labute approximate surface area is 212 Å². The number of aliphatic hydroxyl groups excluding tert-OH is 1. The summed E-state index contributed by atoms with van der Waals surface area (Å²) in [6.07, 6.45) is 1.74. The molecule has 0 saturated carbocycles. The van der Waals surface area contributed by atoms with Gasteiger partial charge in [0.05, 0.1) is 18.8 Å². The SMILES string of the molecule is CCNC(=NCC(O)c1cccc(OC(C)C)c1)NCCCCN1CCN(CC)CC1.I. The van der Waals surface area contributed by atoms with Gasteiger partial charge in [-0.05, 0) is 64.4 Å². The van der Waals surface area contributed by atoms with Gasteiger partial charge in [-0.3, -0.25) is 4.99 Å². The van der Waals surface area contributed by atoms with Gasteiger partial charge >= 0.3 is 0 Å². The van der Waals surface area contributed by atoms with Crippen LogP contribution in [0.2, 0.25) is 0 Å². The third kappa shape index (κ3) is 11.2. The molecule has 32 heavy (non-hydrogen) atoms. The van der Waals surface area contributed by atoms with Gasteiger partial charge < -0.3 is 30.3 Å². The summed E-state index contributed by atoms with van der Waals surface area (Å²) in [5.41, 5.74) is 0.820. The molecule has 1 aromatic carbocycles. The minimum Gasteiger partial charge on any atom is -0.491 e. The van der Waals surface area contributed by atoms with Crippen LogP contribution < -0.4 is 15.4 Å². The molecule has 1 aromatic rings. The summed E-state index contributed by atoms with van der Waals surface area (Å²) >= 11 is 0. The van der Waals surface area contributed by atoms with Gasteiger partial charge in [0.2, 0.25) is 0 Å². The highest BCUT2D eigenvalue weighted by molar-refractivity contribution is 14.0. The molecule has 0 spiro atoms. The molecule has 3 N–H and O–H groups in total. The number of nitrogens with one attached hydrogen (secondary N) is 2. The Morgan fingerprint density at radius 1 is 1.09 bits per heavy atom. The highest BCUT2D eigenvalue weighted by atomic mass is 127. The summed E-state index contributed by atoms with van der Waals surface area (Å²) < 4.78 is 5.72. The van der Waals surface area contributed by atoms with Crippen molar-refractivity contribution in [3.05, 3.63) is 29.8 Å². The number of likely N-dealkylation sites (N-methyl/N-ethyl adjacent to an activating group) is 1. The first-order chi connectivity index (χ1) is 15.0. The van der Waals surface area contributed by atoms with Crippen molar-refractivity contribution < 1.29 is 9.84 Å². The molecule has 0 aromatic heterocycles. The topological polar surface area (TPSA) is 72.4 Å². The third-order valence-electron chi connectivity index (χ3n) is 5.49. The van der Waals surface area contributed by atoms with E-state index in [0.29, 0.717) is 6.54 Å². The van der Waals surface area contributed by atoms with Crippen LogP contribution in [0, 0.1) is 0 Å². The van der Waals surface area contributed by atoms with Gasteiger partial charge in [-0.1, -0.05) is 19.1 Å². The molecule has 0 radical (unpaired) electrons. The third-order valence-corrected chi connectivity index (χ3v) is 5.49. The molecule has 2 rings (SSSR count). The standard InChI is InChI=1S/C24H43N5O2.HI/c1-5-25-24(26-12-7-8-13-29-16-14-28(6-2)15-17-29)27-19-23(30)21-10-9-11-22(18-21)31-20(3)4;/h9-11,18,20,23,30H,5-8,12-17,19H2,1-4H3,(H2,25,26,27);1H. The van der Waals surface area contributed by atoms with Crippen LogP contribution in [0.3, 0.4) is 0 Å². The van der Waals surface area contributed by atoms with Crippen molar-refractivity contribution >= 4 is 29.9 Å². The van der Waals surface area contributed by atoms with Crippen molar-refractivity contribution in [2.45, 2.75) is 52.7 Å². The van der Waals surface area contributed by atoms with Gasteiger partial charge in [0, 0.05) is 39.3 Å². The minimum absolute atomic E-state index is 0. The number of hydrogen-bond acceptors (Lipinski definition) is 5. The van der Waals surface area contributed by atoms with Gasteiger partial charge in [0.15, 0.2) is 5.96 Å². The van der Waals surface area contributed by atoms with Crippen molar-refractivity contribution in [2.75, 3.05) is 58.9 Å². The van der Waals surface area contributed by atoms with E-state index in [1.165, 1.54) is 39.1 Å². The molecular weight excluding hydrogens is 517 g/mol. The van der Waals surface area contributed by atoms with E-state index >= 15 is 0 Å². The van der Waals surface area contributed by atoms with E-state index in [1.807, 2.05) is 38.1 Å². The Hall–Kier alpha value is -1.10. The first-order valence-corrected chi connectivity index (χ1v) is 11.9. The van der Waals surface area contributed by atoms with E-state index in [4.69, 9.17) is 4.74 Å². The molecule has 1 unspecified atom stereocenters. The fraction of sp³-hybridized carbons (Fsp3) is 0.708. The van der Waals surface area contributed by atoms with Crippen LogP contribution in [0.5, 0.6) is 5.75 Å². The molecule has 0 amide bonds. The van der Waals surface area contributed by atoms with Crippen LogP contribution in [0.1, 0.15) is 52.2 Å². The lowest BCUT2D eigenvalue weighted by Crippen LogP contribution is -2.46. The first kappa shape index (κ1) is 28.9. The molecule has 0 aliphatic carbocycles. The number of unbranched alkanes of at least 4 members (excludes halogenated alkanes) is 1. The molecular formula is C24H44IN5O2. The molecule has 7 nitrogen and oxygen atoms in total. The van der Waals surface area contributed by atoms with Gasteiger partial charge in [-0.25, -0.2) is 0 Å². The number of aliphatic hydroxyl groups is 1. The van der Waals surface area contributed by atoms with Crippen LogP contribution >= 0.6 is 24.0 Å². The van der Waals surface area contributed by atoms with Crippen LogP contribution in [-0.2, 0) is 0 Å². The zero-order valence-corrected chi connectivity index (χ0v) is 22.7. The number of ether oxygens (including phenoxy) is 1. The van der Waals surface area contributed by atoms with Gasteiger partial charge in [0.25, 0.3) is 0 Å². The summed E-state index contributed by atoms with van der Waals surface area (Å²) in [7, 11) is 0. The predicted octanol–water partition coefficient (Wildman–Crippen LogP) is 3.10. The highest BCUT2D eigenvalue weighted by Crippen LogP contribution is 2.20. The quantitative estimate of drug-likeness (QED) is 0.158. The van der Waals surface area contributed by atoms with Gasteiger partial charge in [-0.15, -0.1) is 24.0 Å². The average Bonchev–Trinajstić information content (AvgIpc) is 2.77. The average molecular weight is 562 g/mol. The maximum absolute atomic E-state index is 10.6. The molecule has 8 heteroatoms. The van der Waals surface area contributed by atoms with Gasteiger partial charge in [0.1, 0.15) is 5.75 Å². The number of aliphatic imine (C=N–C) groups is 1. The van der Waals surface area contributed by atoms with Gasteiger partial charge in [-0.2, -0.15) is 0 Å². The smallest absolute Gasteiger partial charge is 0.191 e. The lowest BCUT2D eigenvalue weighted by atomic mass is 10.1. The molecule has 1 aliphatic rings. The predicted molar refractivity (Wildman–Crippen MR) is 144 cm³/mol. The monoisotopic (exact) mass is 561 g/mol. The van der Waals surface area contributed by atoms with E-state index < -0.39 is 6.10 Å². The van der Waals surface area contributed by atoms with Crippen molar-refractivity contribution in [2.24, 2.45) is 4.99 Å². The summed E-state index contributed by atoms with van der Waals surface area (Å²) in [4.78, 5) is 9.65. The summed E-state index contributed by atoms with van der Waals surface area (Å²) in [6, 6.07) is 7.62. The second-order valence-electron chi connectivity index (χ2n) is 8.38. The maximum Gasteiger partial charge on any atom is 0.191 e. The molecule has 1 fully saturated rings. The Kier molecular flexibility index (Phi) is 14.9. The first-order valence-electron chi connectivity index (χ1n) is 11.9. The van der Waals surface area contributed by atoms with Crippen LogP contribution in [0.25, 0.3) is 0 Å². The van der Waals surface area contributed by atoms with Crippen LogP contribution in [0.4, 0.5) is 0 Å². The van der Waals surface area contributed by atoms with Crippen molar-refractivity contribution in [3.63, 3.8) is 0 Å². The fourth-order valence-corrected chi connectivity index (χ4v) is 3.69. The molecule has 1 atom stereocenters. The van der Waals surface area contributed by atoms with E-state index in [2.05, 4.69) is 39.3 Å². The molecule has 1 heterocycles.